The molecule has 0 spiro atoms. The summed E-state index contributed by atoms with van der Waals surface area (Å²) in [7, 11) is 1.93. The zero-order chi connectivity index (χ0) is 16.6. The van der Waals surface area contributed by atoms with Gasteiger partial charge in [-0.3, -0.25) is 14.9 Å². The average molecular weight is 334 g/mol. The van der Waals surface area contributed by atoms with Gasteiger partial charge >= 0.3 is 0 Å². The van der Waals surface area contributed by atoms with Crippen LogP contribution in [0.5, 0.6) is 0 Å². The SMILES string of the molecule is Cn1cccc1CN(C(=O)c1ccc([N+](=O)[O-])cc1Cl)C1CC1. The van der Waals surface area contributed by atoms with Crippen molar-refractivity contribution in [2.75, 3.05) is 0 Å². The van der Waals surface area contributed by atoms with E-state index in [-0.39, 0.29) is 22.7 Å². The predicted molar refractivity (Wildman–Crippen MR) is 86.4 cm³/mol. The number of nitrogens with zero attached hydrogens (tertiary/aromatic N) is 3. The third-order valence-electron chi connectivity index (χ3n) is 4.03. The molecule has 1 fully saturated rings. The first kappa shape index (κ1) is 15.6. The first-order valence-corrected chi connectivity index (χ1v) is 7.70. The molecule has 1 amide bonds. The molecule has 1 saturated carbocycles. The first-order valence-electron chi connectivity index (χ1n) is 7.32. The van der Waals surface area contributed by atoms with Gasteiger partial charge in [0.25, 0.3) is 11.6 Å². The van der Waals surface area contributed by atoms with Gasteiger partial charge in [0, 0.05) is 37.1 Å². The van der Waals surface area contributed by atoms with Crippen LogP contribution in [-0.2, 0) is 13.6 Å². The molecule has 7 heteroatoms. The number of aryl methyl sites for hydroxylation is 1. The van der Waals surface area contributed by atoms with E-state index < -0.39 is 4.92 Å². The topological polar surface area (TPSA) is 68.4 Å². The lowest BCUT2D eigenvalue weighted by molar-refractivity contribution is -0.384. The molecule has 0 N–H and O–H groups in total. The predicted octanol–water partition coefficient (Wildman–Crippen LogP) is 3.39. The maximum Gasteiger partial charge on any atom is 0.270 e. The smallest absolute Gasteiger partial charge is 0.270 e. The van der Waals surface area contributed by atoms with Crippen LogP contribution < -0.4 is 0 Å². The van der Waals surface area contributed by atoms with E-state index in [0.29, 0.717) is 12.1 Å². The van der Waals surface area contributed by atoms with Crippen molar-refractivity contribution < 1.29 is 9.72 Å². The zero-order valence-electron chi connectivity index (χ0n) is 12.6. The van der Waals surface area contributed by atoms with Crippen molar-refractivity contribution in [3.63, 3.8) is 0 Å². The summed E-state index contributed by atoms with van der Waals surface area (Å²) in [6.45, 7) is 0.500. The summed E-state index contributed by atoms with van der Waals surface area (Å²) in [4.78, 5) is 24.9. The summed E-state index contributed by atoms with van der Waals surface area (Å²) in [5.74, 6) is -0.186. The quantitative estimate of drug-likeness (QED) is 0.622. The molecule has 2 aromatic rings. The van der Waals surface area contributed by atoms with Crippen molar-refractivity contribution in [2.45, 2.75) is 25.4 Å². The standard InChI is InChI=1S/C16H16ClN3O3/c1-18-8-2-3-13(18)10-19(11-4-5-11)16(21)14-7-6-12(20(22)23)9-15(14)17/h2-3,6-9,11H,4-5,10H2,1H3. The maximum atomic E-state index is 12.8. The van der Waals surface area contributed by atoms with E-state index in [1.807, 2.05) is 29.9 Å². The van der Waals surface area contributed by atoms with Crippen molar-refractivity contribution >= 4 is 23.2 Å². The molecule has 1 aromatic carbocycles. The average Bonchev–Trinajstić information content (AvgIpc) is 3.27. The van der Waals surface area contributed by atoms with Crippen molar-refractivity contribution in [1.82, 2.24) is 9.47 Å². The van der Waals surface area contributed by atoms with Gasteiger partial charge < -0.3 is 9.47 Å². The minimum Gasteiger partial charge on any atom is -0.353 e. The first-order chi connectivity index (χ1) is 11.0. The Kier molecular flexibility index (Phi) is 4.09. The Morgan fingerprint density at radius 1 is 1.43 bits per heavy atom. The maximum absolute atomic E-state index is 12.8. The molecule has 0 atom stereocenters. The largest absolute Gasteiger partial charge is 0.353 e. The Morgan fingerprint density at radius 2 is 2.17 bits per heavy atom. The van der Waals surface area contributed by atoms with E-state index in [1.165, 1.54) is 18.2 Å². The normalized spacial score (nSPS) is 13.8. The lowest BCUT2D eigenvalue weighted by atomic mass is 10.1. The van der Waals surface area contributed by atoms with Crippen LogP contribution in [0.25, 0.3) is 0 Å². The third kappa shape index (κ3) is 3.22. The number of rotatable bonds is 5. The summed E-state index contributed by atoms with van der Waals surface area (Å²) < 4.78 is 1.97. The fraction of sp³-hybridized carbons (Fsp3) is 0.312. The Morgan fingerprint density at radius 3 is 2.70 bits per heavy atom. The van der Waals surface area contributed by atoms with Crippen LogP contribution in [0.1, 0.15) is 28.9 Å². The molecule has 6 nitrogen and oxygen atoms in total. The molecule has 0 unspecified atom stereocenters. The second kappa shape index (κ2) is 6.04. The third-order valence-corrected chi connectivity index (χ3v) is 4.34. The van der Waals surface area contributed by atoms with Crippen molar-refractivity contribution in [2.24, 2.45) is 7.05 Å². The van der Waals surface area contributed by atoms with E-state index in [0.717, 1.165) is 18.5 Å². The van der Waals surface area contributed by atoms with E-state index in [9.17, 15) is 14.9 Å². The Labute approximate surface area is 138 Å². The van der Waals surface area contributed by atoms with E-state index in [1.54, 1.807) is 4.90 Å². The molecule has 120 valence electrons. The van der Waals surface area contributed by atoms with Crippen molar-refractivity contribution in [3.8, 4) is 0 Å². The number of amides is 1. The number of carbonyl (C=O) groups excluding carboxylic acids is 1. The monoisotopic (exact) mass is 333 g/mol. The van der Waals surface area contributed by atoms with E-state index in [4.69, 9.17) is 11.6 Å². The molecule has 1 heterocycles. The number of carbonyl (C=O) groups is 1. The molecule has 1 aliphatic carbocycles. The van der Waals surface area contributed by atoms with Gasteiger partial charge in [-0.15, -0.1) is 0 Å². The van der Waals surface area contributed by atoms with Gasteiger partial charge in [-0.2, -0.15) is 0 Å². The molecule has 0 radical (unpaired) electrons. The van der Waals surface area contributed by atoms with Gasteiger partial charge in [0.05, 0.1) is 22.1 Å². The summed E-state index contributed by atoms with van der Waals surface area (Å²) in [5.41, 5.74) is 1.22. The molecule has 1 aliphatic rings. The number of nitro groups is 1. The second-order valence-electron chi connectivity index (χ2n) is 5.70. The van der Waals surface area contributed by atoms with Crippen LogP contribution in [0.15, 0.2) is 36.5 Å². The van der Waals surface area contributed by atoms with Gasteiger partial charge in [-0.05, 0) is 31.0 Å². The Bertz CT molecular complexity index is 768. The van der Waals surface area contributed by atoms with Crippen LogP contribution in [0.4, 0.5) is 5.69 Å². The van der Waals surface area contributed by atoms with E-state index >= 15 is 0 Å². The van der Waals surface area contributed by atoms with Gasteiger partial charge in [-0.1, -0.05) is 11.6 Å². The van der Waals surface area contributed by atoms with Gasteiger partial charge in [0.15, 0.2) is 0 Å². The van der Waals surface area contributed by atoms with Crippen LogP contribution >= 0.6 is 11.6 Å². The van der Waals surface area contributed by atoms with Crippen LogP contribution in [0.3, 0.4) is 0 Å². The number of non-ortho nitro benzene ring substituents is 1. The number of halogens is 1. The fourth-order valence-electron chi connectivity index (χ4n) is 2.53. The van der Waals surface area contributed by atoms with Crippen LogP contribution in [0, 0.1) is 10.1 Å². The highest BCUT2D eigenvalue weighted by Gasteiger charge is 2.34. The highest BCUT2D eigenvalue weighted by molar-refractivity contribution is 6.34. The summed E-state index contributed by atoms with van der Waals surface area (Å²) in [6.07, 6.45) is 3.88. The molecule has 3 rings (SSSR count). The Balaban J connectivity index is 1.87. The van der Waals surface area contributed by atoms with Crippen LogP contribution in [-0.4, -0.2) is 26.3 Å². The molecular weight excluding hydrogens is 318 g/mol. The van der Waals surface area contributed by atoms with Crippen molar-refractivity contribution in [3.05, 3.63) is 62.9 Å². The molecule has 1 aromatic heterocycles. The molecule has 0 aliphatic heterocycles. The highest BCUT2D eigenvalue weighted by atomic mass is 35.5. The highest BCUT2D eigenvalue weighted by Crippen LogP contribution is 2.32. The number of nitro benzene ring substituents is 1. The zero-order valence-corrected chi connectivity index (χ0v) is 13.4. The molecular formula is C16H16ClN3O3. The van der Waals surface area contributed by atoms with Gasteiger partial charge in [-0.25, -0.2) is 0 Å². The summed E-state index contributed by atoms with van der Waals surface area (Å²) in [6, 6.07) is 8.09. The molecule has 23 heavy (non-hydrogen) atoms. The molecule has 0 saturated heterocycles. The number of aromatic nitrogens is 1. The van der Waals surface area contributed by atoms with Gasteiger partial charge in [0.1, 0.15) is 0 Å². The van der Waals surface area contributed by atoms with Crippen LogP contribution in [0.2, 0.25) is 5.02 Å². The Hall–Kier alpha value is -2.34. The number of benzene rings is 1. The van der Waals surface area contributed by atoms with Crippen molar-refractivity contribution in [1.29, 1.82) is 0 Å². The number of hydrogen-bond acceptors (Lipinski definition) is 3. The second-order valence-corrected chi connectivity index (χ2v) is 6.10. The number of hydrogen-bond donors (Lipinski definition) is 0. The minimum absolute atomic E-state index is 0.113. The van der Waals surface area contributed by atoms with E-state index in [2.05, 4.69) is 0 Å². The lowest BCUT2D eigenvalue weighted by Gasteiger charge is -2.23. The van der Waals surface area contributed by atoms with Gasteiger partial charge in [0.2, 0.25) is 0 Å². The fourth-order valence-corrected chi connectivity index (χ4v) is 2.79. The molecule has 0 bridgehead atoms. The lowest BCUT2D eigenvalue weighted by Crippen LogP contribution is -2.33. The summed E-state index contributed by atoms with van der Waals surface area (Å²) >= 11 is 6.09. The minimum atomic E-state index is -0.525. The summed E-state index contributed by atoms with van der Waals surface area (Å²) in [5, 5.41) is 10.9.